The molecule has 2 rings (SSSR count). The maximum absolute atomic E-state index is 13.8. The lowest BCUT2D eigenvalue weighted by Gasteiger charge is -2.33. The first-order valence-electron chi connectivity index (χ1n) is 11.2. The quantitative estimate of drug-likeness (QED) is 0.473. The van der Waals surface area contributed by atoms with Crippen LogP contribution in [0.25, 0.3) is 0 Å². The first-order valence-corrected chi connectivity index (χ1v) is 11.2. The number of ether oxygens (including phenoxy) is 4. The van der Waals surface area contributed by atoms with Gasteiger partial charge in [-0.1, -0.05) is 39.0 Å². The van der Waals surface area contributed by atoms with E-state index < -0.39 is 12.0 Å². The Morgan fingerprint density at radius 2 is 1.58 bits per heavy atom. The van der Waals surface area contributed by atoms with Gasteiger partial charge in [0.05, 0.1) is 34.4 Å². The van der Waals surface area contributed by atoms with E-state index in [4.69, 9.17) is 18.9 Å². The van der Waals surface area contributed by atoms with Crippen LogP contribution in [-0.4, -0.2) is 51.9 Å². The van der Waals surface area contributed by atoms with Crippen LogP contribution in [0.5, 0.6) is 17.2 Å². The number of rotatable bonds is 10. The minimum absolute atomic E-state index is 0.141. The molecule has 1 aromatic rings. The Morgan fingerprint density at radius 1 is 0.968 bits per heavy atom. The summed E-state index contributed by atoms with van der Waals surface area (Å²) in [5.74, 6) is 0.930. The lowest BCUT2D eigenvalue weighted by molar-refractivity contribution is -0.132. The van der Waals surface area contributed by atoms with Gasteiger partial charge in [0.1, 0.15) is 0 Å². The Kier molecular flexibility index (Phi) is 9.95. The summed E-state index contributed by atoms with van der Waals surface area (Å²) in [6, 6.07) is 3.67. The molecule has 1 unspecified atom stereocenters. The van der Waals surface area contributed by atoms with Gasteiger partial charge in [-0.3, -0.25) is 4.79 Å². The van der Waals surface area contributed by atoms with Crippen LogP contribution in [0.1, 0.15) is 69.8 Å². The smallest absolute Gasteiger partial charge is 0.416 e. The zero-order chi connectivity index (χ0) is 22.8. The number of carbonyl (C=O) groups excluding carboxylic acids is 2. The molecule has 0 aliphatic heterocycles. The summed E-state index contributed by atoms with van der Waals surface area (Å²) >= 11 is 0. The van der Waals surface area contributed by atoms with E-state index in [0.717, 1.165) is 50.5 Å². The lowest BCUT2D eigenvalue weighted by Crippen LogP contribution is -2.43. The van der Waals surface area contributed by atoms with E-state index >= 15 is 0 Å². The highest BCUT2D eigenvalue weighted by molar-refractivity contribution is 5.96. The molecule has 1 aromatic carbocycles. The minimum Gasteiger partial charge on any atom is -0.493 e. The Labute approximate surface area is 186 Å². The van der Waals surface area contributed by atoms with E-state index in [1.54, 1.807) is 21.3 Å². The number of benzene rings is 1. The molecule has 174 valence electrons. The van der Waals surface area contributed by atoms with Crippen molar-refractivity contribution in [3.63, 3.8) is 0 Å². The van der Waals surface area contributed by atoms with Crippen molar-refractivity contribution in [3.8, 4) is 17.2 Å². The maximum atomic E-state index is 13.8. The molecule has 0 spiro atoms. The molecule has 1 saturated carbocycles. The number of nitrogens with zero attached hydrogens (tertiary/aromatic N) is 1. The van der Waals surface area contributed by atoms with Crippen LogP contribution in [0, 0.1) is 5.92 Å². The molecule has 1 fully saturated rings. The molecule has 7 nitrogen and oxygen atoms in total. The fraction of sp³-hybridized carbons (Fsp3) is 0.667. The number of hydrogen-bond donors (Lipinski definition) is 0. The third-order valence-corrected chi connectivity index (χ3v) is 6.08. The number of carbonyl (C=O) groups is 2. The Balaban J connectivity index is 2.51. The van der Waals surface area contributed by atoms with Crippen LogP contribution in [0.2, 0.25) is 0 Å². The second kappa shape index (κ2) is 12.4. The summed E-state index contributed by atoms with van der Waals surface area (Å²) in [6.07, 6.45) is 7.30. The topological polar surface area (TPSA) is 74.3 Å². The van der Waals surface area contributed by atoms with Gasteiger partial charge in [-0.05, 0) is 42.9 Å². The highest BCUT2D eigenvalue weighted by Crippen LogP contribution is 2.44. The van der Waals surface area contributed by atoms with Crippen LogP contribution in [-0.2, 0) is 9.53 Å². The van der Waals surface area contributed by atoms with Crippen molar-refractivity contribution in [1.29, 1.82) is 0 Å². The second-order valence-corrected chi connectivity index (χ2v) is 8.00. The average Bonchev–Trinajstić information content (AvgIpc) is 2.81. The van der Waals surface area contributed by atoms with Gasteiger partial charge >= 0.3 is 6.09 Å². The van der Waals surface area contributed by atoms with Gasteiger partial charge in [-0.15, -0.1) is 0 Å². The predicted octanol–water partition coefficient (Wildman–Crippen LogP) is 5.16. The van der Waals surface area contributed by atoms with Gasteiger partial charge in [0.15, 0.2) is 11.5 Å². The van der Waals surface area contributed by atoms with Crippen molar-refractivity contribution in [2.45, 2.75) is 64.2 Å². The SMILES string of the molecule is CCCCCN(C(=O)OC)C(=O)C(c1cc(OC)c(OC)c(OC)c1)C1CCCCC1. The molecule has 0 saturated heterocycles. The number of hydrogen-bond acceptors (Lipinski definition) is 6. The molecule has 31 heavy (non-hydrogen) atoms. The van der Waals surface area contributed by atoms with Gasteiger partial charge in [-0.2, -0.15) is 0 Å². The minimum atomic E-state index is -0.602. The molecule has 0 heterocycles. The van der Waals surface area contributed by atoms with Crippen molar-refractivity contribution < 1.29 is 28.5 Å². The molecule has 0 bridgehead atoms. The standard InChI is InChI=1S/C24H37NO6/c1-6-7-11-14-25(24(27)31-5)23(26)21(17-12-9-8-10-13-17)18-15-19(28-2)22(30-4)20(16-18)29-3/h15-17,21H,6-14H2,1-5H3. The summed E-state index contributed by atoms with van der Waals surface area (Å²) in [5.41, 5.74) is 0.774. The van der Waals surface area contributed by atoms with Crippen LogP contribution in [0.3, 0.4) is 0 Å². The summed E-state index contributed by atoms with van der Waals surface area (Å²) in [4.78, 5) is 27.6. The first-order chi connectivity index (χ1) is 15.0. The van der Waals surface area contributed by atoms with Crippen molar-refractivity contribution in [2.75, 3.05) is 35.0 Å². The van der Waals surface area contributed by atoms with E-state index in [-0.39, 0.29) is 11.8 Å². The molecule has 0 radical (unpaired) electrons. The van der Waals surface area contributed by atoms with Crippen LogP contribution < -0.4 is 14.2 Å². The van der Waals surface area contributed by atoms with Gasteiger partial charge in [0.25, 0.3) is 0 Å². The third-order valence-electron chi connectivity index (χ3n) is 6.08. The van der Waals surface area contributed by atoms with Crippen molar-refractivity contribution in [2.24, 2.45) is 5.92 Å². The zero-order valence-corrected chi connectivity index (χ0v) is 19.6. The Hall–Kier alpha value is -2.44. The first kappa shape index (κ1) is 24.8. The second-order valence-electron chi connectivity index (χ2n) is 8.00. The fourth-order valence-corrected chi connectivity index (χ4v) is 4.45. The molecular weight excluding hydrogens is 398 g/mol. The summed E-state index contributed by atoms with van der Waals surface area (Å²) < 4.78 is 21.5. The largest absolute Gasteiger partial charge is 0.493 e. The van der Waals surface area contributed by atoms with E-state index in [2.05, 4.69) is 6.92 Å². The normalized spacial score (nSPS) is 15.1. The van der Waals surface area contributed by atoms with Crippen molar-refractivity contribution in [1.82, 2.24) is 4.90 Å². The van der Waals surface area contributed by atoms with Crippen LogP contribution in [0.4, 0.5) is 4.79 Å². The fourth-order valence-electron chi connectivity index (χ4n) is 4.45. The highest BCUT2D eigenvalue weighted by Gasteiger charge is 2.37. The molecule has 0 N–H and O–H groups in total. The van der Waals surface area contributed by atoms with Gasteiger partial charge in [0.2, 0.25) is 11.7 Å². The van der Waals surface area contributed by atoms with Crippen molar-refractivity contribution >= 4 is 12.0 Å². The number of amides is 2. The molecule has 2 amide bonds. The van der Waals surface area contributed by atoms with Crippen molar-refractivity contribution in [3.05, 3.63) is 17.7 Å². The van der Waals surface area contributed by atoms with E-state index in [9.17, 15) is 9.59 Å². The molecule has 1 atom stereocenters. The number of methoxy groups -OCH3 is 4. The molecule has 0 aromatic heterocycles. The van der Waals surface area contributed by atoms with Gasteiger partial charge < -0.3 is 18.9 Å². The van der Waals surface area contributed by atoms with Crippen LogP contribution >= 0.6 is 0 Å². The summed E-state index contributed by atoms with van der Waals surface area (Å²) in [7, 11) is 5.99. The number of imide groups is 1. The van der Waals surface area contributed by atoms with E-state index in [0.29, 0.717) is 23.8 Å². The number of unbranched alkanes of at least 4 members (excludes halogenated alkanes) is 2. The van der Waals surface area contributed by atoms with Crippen LogP contribution in [0.15, 0.2) is 12.1 Å². The Morgan fingerprint density at radius 3 is 2.06 bits per heavy atom. The molecule has 1 aliphatic carbocycles. The lowest BCUT2D eigenvalue weighted by atomic mass is 9.76. The summed E-state index contributed by atoms with van der Waals surface area (Å²) in [6.45, 7) is 2.44. The zero-order valence-electron chi connectivity index (χ0n) is 19.6. The molecule has 7 heteroatoms. The molecular formula is C24H37NO6. The predicted molar refractivity (Wildman–Crippen MR) is 119 cm³/mol. The third kappa shape index (κ3) is 6.05. The average molecular weight is 436 g/mol. The monoisotopic (exact) mass is 435 g/mol. The van der Waals surface area contributed by atoms with E-state index in [1.165, 1.54) is 18.4 Å². The highest BCUT2D eigenvalue weighted by atomic mass is 16.5. The Bertz CT molecular complexity index is 704. The van der Waals surface area contributed by atoms with Gasteiger partial charge in [0, 0.05) is 6.54 Å². The summed E-state index contributed by atoms with van der Waals surface area (Å²) in [5, 5.41) is 0. The van der Waals surface area contributed by atoms with Gasteiger partial charge in [-0.25, -0.2) is 9.69 Å². The maximum Gasteiger partial charge on any atom is 0.416 e. The molecule has 1 aliphatic rings. The van der Waals surface area contributed by atoms with E-state index in [1.807, 2.05) is 12.1 Å².